The van der Waals surface area contributed by atoms with E-state index in [1.807, 2.05) is 13.0 Å². The highest BCUT2D eigenvalue weighted by Gasteiger charge is 2.31. The molecular weight excluding hydrogens is 495 g/mol. The fourth-order valence-corrected chi connectivity index (χ4v) is 3.22. The Morgan fingerprint density at radius 3 is 2.35 bits per heavy atom. The Morgan fingerprint density at radius 2 is 1.78 bits per heavy atom. The number of anilines is 1. The van der Waals surface area contributed by atoms with Crippen LogP contribution in [0.5, 0.6) is 17.2 Å². The van der Waals surface area contributed by atoms with Crippen molar-refractivity contribution in [1.29, 1.82) is 0 Å². The van der Waals surface area contributed by atoms with Crippen molar-refractivity contribution >= 4 is 28.5 Å². The quantitative estimate of drug-likeness (QED) is 0.268. The van der Waals surface area contributed by atoms with Gasteiger partial charge >= 0.3 is 18.1 Å². The van der Waals surface area contributed by atoms with Crippen molar-refractivity contribution in [2.24, 2.45) is 5.73 Å². The van der Waals surface area contributed by atoms with Crippen LogP contribution in [0, 0.1) is 6.92 Å². The van der Waals surface area contributed by atoms with E-state index in [-0.39, 0.29) is 18.6 Å². The molecule has 0 aliphatic heterocycles. The van der Waals surface area contributed by atoms with Crippen molar-refractivity contribution in [2.45, 2.75) is 32.4 Å². The first-order valence-electron chi connectivity index (χ1n) is 11.2. The van der Waals surface area contributed by atoms with Crippen LogP contribution in [0.3, 0.4) is 0 Å². The molecule has 0 spiro atoms. The third kappa shape index (κ3) is 8.53. The van der Waals surface area contributed by atoms with Crippen LogP contribution in [0.25, 0.3) is 10.9 Å². The molecule has 3 rings (SSSR count). The van der Waals surface area contributed by atoms with E-state index in [1.54, 1.807) is 12.3 Å². The number of hydrogen-bond donors (Lipinski definition) is 4. The molecular formula is C25H28F3N3O6. The van der Waals surface area contributed by atoms with E-state index in [0.29, 0.717) is 35.5 Å². The smallest absolute Gasteiger partial charge is 0.416 e. The molecule has 3 aromatic rings. The van der Waals surface area contributed by atoms with E-state index in [0.717, 1.165) is 29.8 Å². The number of carboxylic acids is 2. The number of rotatable bonds is 10. The van der Waals surface area contributed by atoms with Gasteiger partial charge in [0.2, 0.25) is 0 Å². The van der Waals surface area contributed by atoms with Crippen LogP contribution in [0.4, 0.5) is 18.9 Å². The highest BCUT2D eigenvalue weighted by atomic mass is 19.4. The number of nitrogens with one attached hydrogen (secondary N) is 1. The maximum atomic E-state index is 13.1. The Hall–Kier alpha value is -4.06. The molecule has 0 amide bonds. The summed E-state index contributed by atoms with van der Waals surface area (Å²) in [6.45, 7) is 3.08. The first-order chi connectivity index (χ1) is 17.5. The van der Waals surface area contributed by atoms with E-state index < -0.39 is 23.7 Å². The second-order valence-corrected chi connectivity index (χ2v) is 7.79. The SMILES string of the molecule is COc1cc(NCCCN)c2nccc(C)c2c1Oc1cccc(C(F)(F)F)c1.O=C(O)CCC(=O)O. The minimum atomic E-state index is -4.46. The van der Waals surface area contributed by atoms with Gasteiger partial charge in [-0.3, -0.25) is 14.6 Å². The number of pyridine rings is 1. The molecule has 200 valence electrons. The van der Waals surface area contributed by atoms with Crippen LogP contribution in [-0.2, 0) is 15.8 Å². The molecule has 0 atom stereocenters. The monoisotopic (exact) mass is 523 g/mol. The number of carbonyl (C=O) groups is 2. The topological polar surface area (TPSA) is 144 Å². The Morgan fingerprint density at radius 1 is 1.11 bits per heavy atom. The fourth-order valence-electron chi connectivity index (χ4n) is 3.22. The van der Waals surface area contributed by atoms with E-state index in [1.165, 1.54) is 19.2 Å². The van der Waals surface area contributed by atoms with Gasteiger partial charge in [-0.25, -0.2) is 0 Å². The van der Waals surface area contributed by atoms with Gasteiger partial charge in [-0.05, 0) is 49.7 Å². The normalized spacial score (nSPS) is 10.9. The summed E-state index contributed by atoms with van der Waals surface area (Å²) in [5.41, 5.74) is 7.02. The number of nitrogens with two attached hydrogens (primary N) is 1. The third-order valence-electron chi connectivity index (χ3n) is 4.99. The highest BCUT2D eigenvalue weighted by Crippen LogP contribution is 2.44. The first kappa shape index (κ1) is 29.2. The van der Waals surface area contributed by atoms with Crippen LogP contribution < -0.4 is 20.5 Å². The number of nitrogens with zero attached hydrogens (tertiary/aromatic N) is 1. The second kappa shape index (κ2) is 13.3. The van der Waals surface area contributed by atoms with Gasteiger partial charge in [0.05, 0.1) is 42.1 Å². The largest absolute Gasteiger partial charge is 0.493 e. The molecule has 37 heavy (non-hydrogen) atoms. The lowest BCUT2D eigenvalue weighted by Crippen LogP contribution is -2.09. The molecule has 12 heteroatoms. The van der Waals surface area contributed by atoms with E-state index >= 15 is 0 Å². The molecule has 0 radical (unpaired) electrons. The summed E-state index contributed by atoms with van der Waals surface area (Å²) in [6.07, 6.45) is -2.60. The summed E-state index contributed by atoms with van der Waals surface area (Å²) in [5.74, 6) is -1.38. The molecule has 2 aromatic carbocycles. The van der Waals surface area contributed by atoms with Gasteiger partial charge in [0, 0.05) is 18.8 Å². The van der Waals surface area contributed by atoms with Gasteiger partial charge in [-0.1, -0.05) is 6.07 Å². The van der Waals surface area contributed by atoms with Crippen LogP contribution in [0.15, 0.2) is 42.6 Å². The molecule has 0 saturated carbocycles. The Labute approximate surface area is 211 Å². The Bertz CT molecular complexity index is 1220. The number of benzene rings is 2. The van der Waals surface area contributed by atoms with Gasteiger partial charge in [0.15, 0.2) is 11.5 Å². The number of alkyl halides is 3. The molecule has 0 bridgehead atoms. The molecule has 0 fully saturated rings. The summed E-state index contributed by atoms with van der Waals surface area (Å²) < 4.78 is 50.6. The molecule has 0 unspecified atom stereocenters. The maximum Gasteiger partial charge on any atom is 0.416 e. The second-order valence-electron chi connectivity index (χ2n) is 7.79. The summed E-state index contributed by atoms with van der Waals surface area (Å²) >= 11 is 0. The summed E-state index contributed by atoms with van der Waals surface area (Å²) in [7, 11) is 1.48. The number of methoxy groups -OCH3 is 1. The number of hydrogen-bond acceptors (Lipinski definition) is 7. The van der Waals surface area contributed by atoms with Gasteiger partial charge in [0.1, 0.15) is 5.75 Å². The predicted molar refractivity (Wildman–Crippen MR) is 131 cm³/mol. The molecule has 1 aromatic heterocycles. The molecule has 0 aliphatic carbocycles. The zero-order valence-electron chi connectivity index (χ0n) is 20.3. The Kier molecular flexibility index (Phi) is 10.5. The maximum absolute atomic E-state index is 13.1. The number of fused-ring (bicyclic) bond motifs is 1. The number of aryl methyl sites for hydroxylation is 1. The summed E-state index contributed by atoms with van der Waals surface area (Å²) in [5, 5.41) is 19.7. The van der Waals surface area contributed by atoms with Gasteiger partial charge in [-0.2, -0.15) is 13.2 Å². The third-order valence-corrected chi connectivity index (χ3v) is 4.99. The molecule has 5 N–H and O–H groups in total. The molecule has 1 heterocycles. The zero-order valence-corrected chi connectivity index (χ0v) is 20.3. The number of carboxylic acid groups (broad SMARTS) is 2. The highest BCUT2D eigenvalue weighted by molar-refractivity contribution is 5.99. The predicted octanol–water partition coefficient (Wildman–Crippen LogP) is 5.06. The van der Waals surface area contributed by atoms with Crippen molar-refractivity contribution in [3.8, 4) is 17.2 Å². The Balaban J connectivity index is 0.000000521. The van der Waals surface area contributed by atoms with Crippen molar-refractivity contribution in [3.63, 3.8) is 0 Å². The van der Waals surface area contributed by atoms with Crippen molar-refractivity contribution < 1.29 is 42.4 Å². The summed E-state index contributed by atoms with van der Waals surface area (Å²) in [4.78, 5) is 23.7. The van der Waals surface area contributed by atoms with E-state index in [9.17, 15) is 22.8 Å². The van der Waals surface area contributed by atoms with Crippen LogP contribution in [-0.4, -0.2) is 47.3 Å². The number of aliphatic carboxylic acids is 2. The van der Waals surface area contributed by atoms with Crippen LogP contribution in [0.2, 0.25) is 0 Å². The standard InChI is InChI=1S/C21H22F3N3O2.C4H6O4/c1-13-7-10-27-19-16(26-9-4-8-25)12-17(28-2)20(18(13)19)29-15-6-3-5-14(11-15)21(22,23)24;5-3(6)1-2-4(7)8/h3,5-7,10-12,26H,4,8-9,25H2,1-2H3;1-2H2,(H,5,6)(H,7,8). The van der Waals surface area contributed by atoms with Crippen LogP contribution >= 0.6 is 0 Å². The summed E-state index contributed by atoms with van der Waals surface area (Å²) in [6, 6.07) is 8.28. The number of aromatic nitrogens is 1. The molecule has 9 nitrogen and oxygen atoms in total. The lowest BCUT2D eigenvalue weighted by atomic mass is 10.1. The van der Waals surface area contributed by atoms with Gasteiger partial charge in [-0.15, -0.1) is 0 Å². The minimum absolute atomic E-state index is 0.0616. The van der Waals surface area contributed by atoms with Crippen molar-refractivity contribution in [3.05, 3.63) is 53.7 Å². The zero-order chi connectivity index (χ0) is 27.6. The van der Waals surface area contributed by atoms with Crippen molar-refractivity contribution in [1.82, 2.24) is 4.98 Å². The van der Waals surface area contributed by atoms with Gasteiger partial charge in [0.25, 0.3) is 0 Å². The van der Waals surface area contributed by atoms with E-state index in [4.69, 9.17) is 25.4 Å². The lowest BCUT2D eigenvalue weighted by Gasteiger charge is -2.18. The van der Waals surface area contributed by atoms with Gasteiger partial charge < -0.3 is 30.7 Å². The average Bonchev–Trinajstić information content (AvgIpc) is 2.84. The van der Waals surface area contributed by atoms with Crippen molar-refractivity contribution in [2.75, 3.05) is 25.5 Å². The number of halogens is 3. The van der Waals surface area contributed by atoms with Crippen LogP contribution in [0.1, 0.15) is 30.4 Å². The molecule has 0 saturated heterocycles. The number of ether oxygens (including phenoxy) is 2. The lowest BCUT2D eigenvalue weighted by molar-refractivity contribution is -0.143. The first-order valence-corrected chi connectivity index (χ1v) is 11.2. The van der Waals surface area contributed by atoms with E-state index in [2.05, 4.69) is 10.3 Å². The fraction of sp³-hybridized carbons (Fsp3) is 0.320. The average molecular weight is 524 g/mol. The minimum Gasteiger partial charge on any atom is -0.493 e. The molecule has 0 aliphatic rings.